The highest BCUT2D eigenvalue weighted by atomic mass is 35.5. The number of anilines is 1. The third-order valence-corrected chi connectivity index (χ3v) is 4.50. The molecule has 0 radical (unpaired) electrons. The Morgan fingerprint density at radius 3 is 2.11 bits per heavy atom. The molecule has 2 aromatic carbocycles. The minimum Gasteiger partial charge on any atom is -0.481 e. The molecule has 0 aliphatic carbocycles. The van der Waals surface area contributed by atoms with Gasteiger partial charge in [-0.15, -0.1) is 0 Å². The molecule has 0 fully saturated rings. The van der Waals surface area contributed by atoms with Gasteiger partial charge in [-0.2, -0.15) is 0 Å². The van der Waals surface area contributed by atoms with Crippen LogP contribution in [0.1, 0.15) is 6.92 Å². The van der Waals surface area contributed by atoms with E-state index in [1.807, 2.05) is 30.3 Å². The first-order valence-electron chi connectivity index (χ1n) is 8.32. The molecule has 0 heterocycles. The Labute approximate surface area is 171 Å². The fraction of sp³-hybridized carbons (Fsp3) is 0.211. The maximum absolute atomic E-state index is 12.4. The number of rotatable bonds is 7. The van der Waals surface area contributed by atoms with Gasteiger partial charge in [0.1, 0.15) is 0 Å². The molecule has 0 bridgehead atoms. The van der Waals surface area contributed by atoms with Crippen molar-refractivity contribution in [3.63, 3.8) is 0 Å². The van der Waals surface area contributed by atoms with Gasteiger partial charge in [0.25, 0.3) is 0 Å². The largest absolute Gasteiger partial charge is 0.481 e. The van der Waals surface area contributed by atoms with Gasteiger partial charge in [-0.3, -0.25) is 14.4 Å². The van der Waals surface area contributed by atoms with E-state index in [1.165, 1.54) is 6.92 Å². The Morgan fingerprint density at radius 2 is 1.61 bits per heavy atom. The van der Waals surface area contributed by atoms with Gasteiger partial charge in [0, 0.05) is 6.54 Å². The van der Waals surface area contributed by atoms with E-state index in [0.717, 1.165) is 11.1 Å². The Balaban J connectivity index is 2.19. The fourth-order valence-corrected chi connectivity index (χ4v) is 2.94. The van der Waals surface area contributed by atoms with Crippen LogP contribution in [-0.2, 0) is 14.4 Å². The Bertz CT molecular complexity index is 865. The van der Waals surface area contributed by atoms with E-state index in [9.17, 15) is 19.5 Å². The summed E-state index contributed by atoms with van der Waals surface area (Å²) >= 11 is 12.5. The van der Waals surface area contributed by atoms with E-state index in [1.54, 1.807) is 12.1 Å². The molecular weight excluding hydrogens is 405 g/mol. The molecule has 7 nitrogen and oxygen atoms in total. The first-order chi connectivity index (χ1) is 13.2. The van der Waals surface area contributed by atoms with Crippen molar-refractivity contribution in [1.82, 2.24) is 5.32 Å². The van der Waals surface area contributed by atoms with Gasteiger partial charge in [0.2, 0.25) is 11.8 Å². The molecule has 0 spiro atoms. The number of hydrogen-bond donors (Lipinski definition) is 4. The zero-order valence-electron chi connectivity index (χ0n) is 14.9. The lowest BCUT2D eigenvalue weighted by Gasteiger charge is -2.16. The summed E-state index contributed by atoms with van der Waals surface area (Å²) in [5, 5.41) is 14.4. The van der Waals surface area contributed by atoms with Crippen LogP contribution in [0.15, 0.2) is 42.5 Å². The number of carboxylic acids is 1. The molecule has 0 aliphatic heterocycles. The monoisotopic (exact) mass is 423 g/mol. The molecule has 0 aromatic heterocycles. The van der Waals surface area contributed by atoms with Gasteiger partial charge in [-0.1, -0.05) is 53.5 Å². The summed E-state index contributed by atoms with van der Waals surface area (Å²) in [6.07, 6.45) is 0. The zero-order chi connectivity index (χ0) is 20.8. The van der Waals surface area contributed by atoms with Crippen LogP contribution < -0.4 is 16.4 Å². The lowest BCUT2D eigenvalue weighted by Crippen LogP contribution is -2.44. The predicted octanol–water partition coefficient (Wildman–Crippen LogP) is 2.76. The zero-order valence-corrected chi connectivity index (χ0v) is 16.4. The molecule has 2 aromatic rings. The number of carboxylic acid groups (broad SMARTS) is 1. The predicted molar refractivity (Wildman–Crippen MR) is 108 cm³/mol. The van der Waals surface area contributed by atoms with E-state index in [4.69, 9.17) is 28.9 Å². The number of halogens is 2. The van der Waals surface area contributed by atoms with Crippen LogP contribution in [0.25, 0.3) is 11.1 Å². The molecule has 2 amide bonds. The molecule has 2 rings (SSSR count). The van der Waals surface area contributed by atoms with Gasteiger partial charge in [-0.25, -0.2) is 0 Å². The molecule has 0 saturated carbocycles. The average Bonchev–Trinajstić information content (AvgIpc) is 2.64. The van der Waals surface area contributed by atoms with Crippen LogP contribution in [0.2, 0.25) is 10.0 Å². The van der Waals surface area contributed by atoms with Crippen LogP contribution in [0.4, 0.5) is 5.69 Å². The summed E-state index contributed by atoms with van der Waals surface area (Å²) in [6.45, 7) is 1.03. The quantitative estimate of drug-likeness (QED) is 0.510. The van der Waals surface area contributed by atoms with Crippen LogP contribution in [0, 0.1) is 5.92 Å². The second-order valence-electron chi connectivity index (χ2n) is 6.09. The van der Waals surface area contributed by atoms with Gasteiger partial charge >= 0.3 is 5.97 Å². The van der Waals surface area contributed by atoms with E-state index >= 15 is 0 Å². The van der Waals surface area contributed by atoms with Gasteiger partial charge in [-0.05, 0) is 30.2 Å². The Kier molecular flexibility index (Phi) is 7.39. The smallest absolute Gasteiger partial charge is 0.317 e. The average molecular weight is 424 g/mol. The van der Waals surface area contributed by atoms with Crippen molar-refractivity contribution in [2.45, 2.75) is 13.0 Å². The lowest BCUT2D eigenvalue weighted by molar-refractivity contribution is -0.145. The normalized spacial score (nSPS) is 12.7. The Morgan fingerprint density at radius 1 is 1.04 bits per heavy atom. The first kappa shape index (κ1) is 21.7. The van der Waals surface area contributed by atoms with Crippen LogP contribution in [0.5, 0.6) is 0 Å². The second kappa shape index (κ2) is 9.54. The van der Waals surface area contributed by atoms with Crippen molar-refractivity contribution in [3.05, 3.63) is 52.5 Å². The van der Waals surface area contributed by atoms with Crippen molar-refractivity contribution in [2.24, 2.45) is 11.7 Å². The molecule has 9 heteroatoms. The molecule has 5 N–H and O–H groups in total. The highest BCUT2D eigenvalue weighted by molar-refractivity contribution is 6.40. The highest BCUT2D eigenvalue weighted by Crippen LogP contribution is 2.35. The summed E-state index contributed by atoms with van der Waals surface area (Å²) in [5.74, 6) is -4.38. The topological polar surface area (TPSA) is 122 Å². The second-order valence-corrected chi connectivity index (χ2v) is 6.91. The number of nitrogens with two attached hydrogens (primary N) is 1. The fourth-order valence-electron chi connectivity index (χ4n) is 2.36. The lowest BCUT2D eigenvalue weighted by atomic mass is 10.0. The molecular formula is C19H19Cl2N3O4. The number of nitrogens with one attached hydrogen (secondary N) is 2. The van der Waals surface area contributed by atoms with Crippen molar-refractivity contribution in [1.29, 1.82) is 0 Å². The van der Waals surface area contributed by atoms with E-state index < -0.39 is 36.3 Å². The molecule has 0 saturated heterocycles. The number of carbonyl (C=O) groups excluding carboxylic acids is 2. The highest BCUT2D eigenvalue weighted by Gasteiger charge is 2.28. The van der Waals surface area contributed by atoms with Crippen LogP contribution >= 0.6 is 23.2 Å². The van der Waals surface area contributed by atoms with E-state index in [0.29, 0.717) is 0 Å². The van der Waals surface area contributed by atoms with Crippen molar-refractivity contribution in [2.75, 3.05) is 11.9 Å². The van der Waals surface area contributed by atoms with Crippen LogP contribution in [0.3, 0.4) is 0 Å². The third kappa shape index (κ3) is 5.45. The molecule has 28 heavy (non-hydrogen) atoms. The summed E-state index contributed by atoms with van der Waals surface area (Å²) < 4.78 is 0. The van der Waals surface area contributed by atoms with Crippen molar-refractivity contribution < 1.29 is 19.5 Å². The van der Waals surface area contributed by atoms with Crippen molar-refractivity contribution in [3.8, 4) is 11.1 Å². The molecule has 0 unspecified atom stereocenters. The van der Waals surface area contributed by atoms with Crippen molar-refractivity contribution >= 4 is 46.7 Å². The molecule has 0 aliphatic rings. The third-order valence-electron chi connectivity index (χ3n) is 3.91. The van der Waals surface area contributed by atoms with Gasteiger partial charge in [0.05, 0.1) is 21.8 Å². The molecule has 148 valence electrons. The van der Waals surface area contributed by atoms with E-state index in [-0.39, 0.29) is 15.7 Å². The number of amides is 2. The summed E-state index contributed by atoms with van der Waals surface area (Å²) in [5.41, 5.74) is 7.12. The SMILES string of the molecule is C[C@H](N)C(=O)NC[C@H](C(=O)O)C(=O)Nc1c(Cl)cc(-c2ccccc2)cc1Cl. The summed E-state index contributed by atoms with van der Waals surface area (Å²) in [6, 6.07) is 11.8. The van der Waals surface area contributed by atoms with Gasteiger partial charge < -0.3 is 21.5 Å². The summed E-state index contributed by atoms with van der Waals surface area (Å²) in [7, 11) is 0. The maximum atomic E-state index is 12.4. The molecule has 2 atom stereocenters. The van der Waals surface area contributed by atoms with E-state index in [2.05, 4.69) is 10.6 Å². The number of aliphatic carboxylic acids is 1. The minimum atomic E-state index is -1.54. The maximum Gasteiger partial charge on any atom is 0.317 e. The number of carbonyl (C=O) groups is 3. The number of benzene rings is 2. The number of hydrogen-bond acceptors (Lipinski definition) is 4. The standard InChI is InChI=1S/C19H19Cl2N3O4/c1-10(22)17(25)23-9-13(19(27)28)18(26)24-16-14(20)7-12(8-15(16)21)11-5-3-2-4-6-11/h2-8,10,13H,9,22H2,1H3,(H,23,25)(H,24,26)(H,27,28)/t10-,13-/m0/s1. The van der Waals surface area contributed by atoms with Crippen LogP contribution in [-0.4, -0.2) is 35.5 Å². The summed E-state index contributed by atoms with van der Waals surface area (Å²) in [4.78, 5) is 35.3. The first-order valence-corrected chi connectivity index (χ1v) is 9.07. The Hall–Kier alpha value is -2.61. The van der Waals surface area contributed by atoms with Gasteiger partial charge in [0.15, 0.2) is 5.92 Å². The minimum absolute atomic E-state index is 0.0952.